The van der Waals surface area contributed by atoms with Crippen LogP contribution in [0.3, 0.4) is 0 Å². The first kappa shape index (κ1) is 35.7. The summed E-state index contributed by atoms with van der Waals surface area (Å²) in [5.74, 6) is -4.65. The number of aliphatic carboxylic acids is 4. The topological polar surface area (TPSA) is 171 Å². The first-order chi connectivity index (χ1) is 19.0. The lowest BCUT2D eigenvalue weighted by Gasteiger charge is -2.42. The van der Waals surface area contributed by atoms with Crippen molar-refractivity contribution >= 4 is 23.9 Å². The Bertz CT molecular complexity index is 654. The fourth-order valence-corrected chi connectivity index (χ4v) is 5.63. The molecule has 12 nitrogen and oxygen atoms in total. The van der Waals surface area contributed by atoms with Crippen molar-refractivity contribution in [2.24, 2.45) is 0 Å². The highest BCUT2D eigenvalue weighted by Crippen LogP contribution is 2.16. The minimum Gasteiger partial charge on any atom is -0.548 e. The highest BCUT2D eigenvalue weighted by molar-refractivity contribution is 5.73. The van der Waals surface area contributed by atoms with Gasteiger partial charge in [-0.2, -0.15) is 0 Å². The van der Waals surface area contributed by atoms with Crippen LogP contribution in [0.2, 0.25) is 0 Å². The van der Waals surface area contributed by atoms with Crippen LogP contribution in [0.1, 0.15) is 79.1 Å². The van der Waals surface area contributed by atoms with E-state index >= 15 is 0 Å². The van der Waals surface area contributed by atoms with Crippen molar-refractivity contribution in [3.05, 3.63) is 0 Å². The van der Waals surface area contributed by atoms with E-state index in [1.165, 1.54) is 0 Å². The van der Waals surface area contributed by atoms with Crippen molar-refractivity contribution in [3.8, 4) is 0 Å². The van der Waals surface area contributed by atoms with Crippen molar-refractivity contribution < 1.29 is 39.6 Å². The van der Waals surface area contributed by atoms with E-state index in [0.717, 1.165) is 0 Å². The zero-order valence-corrected chi connectivity index (χ0v) is 24.7. The van der Waals surface area contributed by atoms with Gasteiger partial charge in [0.15, 0.2) is 0 Å². The van der Waals surface area contributed by atoms with Crippen molar-refractivity contribution in [3.63, 3.8) is 0 Å². The van der Waals surface area contributed by atoms with Gasteiger partial charge in [-0.1, -0.05) is 53.4 Å². The average molecular weight is 570 g/mol. The largest absolute Gasteiger partial charge is 0.548 e. The predicted octanol–water partition coefficient (Wildman–Crippen LogP) is -1.78. The van der Waals surface area contributed by atoms with Gasteiger partial charge in [0.1, 0.15) is 6.04 Å². The van der Waals surface area contributed by atoms with Crippen LogP contribution >= 0.6 is 0 Å². The van der Waals surface area contributed by atoms with Crippen LogP contribution in [0.15, 0.2) is 0 Å². The van der Waals surface area contributed by atoms with Crippen LogP contribution in [-0.2, 0) is 19.2 Å². The van der Waals surface area contributed by atoms with E-state index < -0.39 is 48.0 Å². The summed E-state index contributed by atoms with van der Waals surface area (Å²) in [6, 6.07) is -3.51. The molecule has 0 amide bonds. The van der Waals surface area contributed by atoms with Crippen molar-refractivity contribution in [2.45, 2.75) is 103 Å². The molecular weight excluding hydrogens is 520 g/mol. The maximum atomic E-state index is 12.2. The summed E-state index contributed by atoms with van der Waals surface area (Å²) in [6.07, 6.45) is 3.85. The highest BCUT2D eigenvalue weighted by atomic mass is 16.4. The van der Waals surface area contributed by atoms with Crippen LogP contribution in [0.25, 0.3) is 0 Å². The molecule has 232 valence electrons. The molecule has 0 radical (unpaired) electrons. The molecule has 0 spiro atoms. The van der Waals surface area contributed by atoms with Crippen LogP contribution in [0.4, 0.5) is 0 Å². The van der Waals surface area contributed by atoms with Gasteiger partial charge in [0, 0.05) is 70.5 Å². The maximum absolute atomic E-state index is 12.2. The van der Waals surface area contributed by atoms with Crippen molar-refractivity contribution in [2.75, 3.05) is 52.4 Å². The van der Waals surface area contributed by atoms with E-state index in [0.29, 0.717) is 51.4 Å². The standard InChI is InChI=1S/C28H52N4O8/c1-5-9-21(25(33)34)29-13-15-30(22(10-6-2)26(35)36)17-19-32(24(12-8-4)28(39)40)20-18-31(16-14-29)23(11-7-3)27(37)38/h21-24H,5-20H2,1-4H3,(H,33,34)(H,35,36)(H,37,38)(H,39,40)/p-3. The number of rotatable bonds is 16. The molecule has 0 aromatic heterocycles. The lowest BCUT2D eigenvalue weighted by Crippen LogP contribution is -2.59. The Morgan fingerprint density at radius 3 is 0.875 bits per heavy atom. The average Bonchev–Trinajstić information content (AvgIpc) is 2.88. The van der Waals surface area contributed by atoms with Crippen molar-refractivity contribution in [1.82, 2.24) is 19.6 Å². The van der Waals surface area contributed by atoms with Gasteiger partial charge in [0.05, 0.1) is 17.9 Å². The number of nitrogens with zero attached hydrogens (tertiary/aromatic N) is 4. The molecule has 0 saturated carbocycles. The third kappa shape index (κ3) is 11.3. The molecule has 1 N–H and O–H groups in total. The van der Waals surface area contributed by atoms with Crippen LogP contribution in [-0.4, -0.2) is 125 Å². The van der Waals surface area contributed by atoms with Gasteiger partial charge in [-0.3, -0.25) is 24.4 Å². The second kappa shape index (κ2) is 19.0. The Morgan fingerprint density at radius 1 is 0.500 bits per heavy atom. The van der Waals surface area contributed by atoms with E-state index in [2.05, 4.69) is 0 Å². The summed E-state index contributed by atoms with van der Waals surface area (Å²) in [4.78, 5) is 55.6. The summed E-state index contributed by atoms with van der Waals surface area (Å²) in [6.45, 7) is 9.39. The molecule has 1 heterocycles. The molecule has 1 rings (SSSR count). The second-order valence-corrected chi connectivity index (χ2v) is 10.7. The zero-order chi connectivity index (χ0) is 30.2. The fourth-order valence-electron chi connectivity index (χ4n) is 5.63. The minimum atomic E-state index is -1.22. The van der Waals surface area contributed by atoms with E-state index in [9.17, 15) is 39.6 Å². The number of hydrogen-bond donors (Lipinski definition) is 1. The molecular formula is C28H49N4O8-3. The van der Waals surface area contributed by atoms with Gasteiger partial charge in [-0.25, -0.2) is 0 Å². The Morgan fingerprint density at radius 2 is 0.700 bits per heavy atom. The number of hydrogen-bond acceptors (Lipinski definition) is 11. The van der Waals surface area contributed by atoms with Gasteiger partial charge in [-0.15, -0.1) is 0 Å². The summed E-state index contributed by atoms with van der Waals surface area (Å²) < 4.78 is 0. The lowest BCUT2D eigenvalue weighted by atomic mass is 10.1. The second-order valence-electron chi connectivity index (χ2n) is 10.7. The smallest absolute Gasteiger partial charge is 0.320 e. The third-order valence-corrected chi connectivity index (χ3v) is 7.81. The monoisotopic (exact) mass is 569 g/mol. The molecule has 4 unspecified atom stereocenters. The highest BCUT2D eigenvalue weighted by Gasteiger charge is 2.30. The van der Waals surface area contributed by atoms with E-state index in [4.69, 9.17) is 0 Å². The normalized spacial score (nSPS) is 20.5. The van der Waals surface area contributed by atoms with Crippen molar-refractivity contribution in [1.29, 1.82) is 0 Å². The molecule has 40 heavy (non-hydrogen) atoms. The van der Waals surface area contributed by atoms with Gasteiger partial charge in [0.2, 0.25) is 0 Å². The summed E-state index contributed by atoms with van der Waals surface area (Å²) in [5, 5.41) is 46.3. The quantitative estimate of drug-likeness (QED) is 0.222. The Balaban J connectivity index is 3.52. The summed E-state index contributed by atoms with van der Waals surface area (Å²) in [5.41, 5.74) is 0. The zero-order valence-electron chi connectivity index (χ0n) is 24.7. The SMILES string of the molecule is CCCC(C(=O)[O-])N1CCN(C(CCC)C(=O)[O-])CCN(C(CCC)C(=O)O)CCN(C(CCC)C(=O)[O-])CC1. The number of carboxylic acid groups (broad SMARTS) is 4. The molecule has 12 heteroatoms. The Kier molecular flexibility index (Phi) is 16.9. The summed E-state index contributed by atoms with van der Waals surface area (Å²) in [7, 11) is 0. The predicted molar refractivity (Wildman–Crippen MR) is 144 cm³/mol. The molecule has 0 aromatic rings. The fraction of sp³-hybridized carbons (Fsp3) is 0.857. The Hall–Kier alpha value is -2.28. The van der Waals surface area contributed by atoms with Gasteiger partial charge in [0.25, 0.3) is 0 Å². The van der Waals surface area contributed by atoms with E-state index in [1.54, 1.807) is 19.6 Å². The molecule has 1 aliphatic rings. The first-order valence-corrected chi connectivity index (χ1v) is 14.8. The molecule has 1 aliphatic heterocycles. The van der Waals surface area contributed by atoms with Crippen LogP contribution < -0.4 is 15.3 Å². The third-order valence-electron chi connectivity index (χ3n) is 7.81. The summed E-state index contributed by atoms with van der Waals surface area (Å²) >= 11 is 0. The van der Waals surface area contributed by atoms with Gasteiger partial charge in [-0.05, 0) is 25.7 Å². The van der Waals surface area contributed by atoms with E-state index in [-0.39, 0.29) is 52.4 Å². The molecule has 0 aliphatic carbocycles. The maximum Gasteiger partial charge on any atom is 0.320 e. The molecule has 4 atom stereocenters. The Labute approximate surface area is 238 Å². The number of carboxylic acids is 4. The molecule has 1 saturated heterocycles. The van der Waals surface area contributed by atoms with Crippen LogP contribution in [0.5, 0.6) is 0 Å². The first-order valence-electron chi connectivity index (χ1n) is 14.8. The van der Waals surface area contributed by atoms with Gasteiger partial charge >= 0.3 is 5.97 Å². The van der Waals surface area contributed by atoms with Crippen LogP contribution in [0, 0.1) is 0 Å². The minimum absolute atomic E-state index is 0.223. The lowest BCUT2D eigenvalue weighted by molar-refractivity contribution is -0.314. The number of carbonyl (C=O) groups excluding carboxylic acids is 3. The molecule has 0 bridgehead atoms. The molecule has 0 aromatic carbocycles. The number of carbonyl (C=O) groups is 4. The van der Waals surface area contributed by atoms with E-state index in [1.807, 2.05) is 27.7 Å². The molecule has 1 fully saturated rings. The van der Waals surface area contributed by atoms with Gasteiger partial charge < -0.3 is 34.8 Å².